The summed E-state index contributed by atoms with van der Waals surface area (Å²) in [6.07, 6.45) is 1.91. The molecule has 2 heterocycles. The van der Waals surface area contributed by atoms with Gasteiger partial charge in [0, 0.05) is 18.3 Å². The van der Waals surface area contributed by atoms with Crippen LogP contribution in [0.5, 0.6) is 0 Å². The van der Waals surface area contributed by atoms with Gasteiger partial charge in [-0.3, -0.25) is 0 Å². The van der Waals surface area contributed by atoms with Gasteiger partial charge in [-0.1, -0.05) is 6.07 Å². The number of nitrogens with zero attached hydrogens (tertiary/aromatic N) is 2. The molecule has 14 heavy (non-hydrogen) atoms. The number of hydrogen-bond acceptors (Lipinski definition) is 3. The van der Waals surface area contributed by atoms with Gasteiger partial charge in [-0.05, 0) is 19.1 Å². The van der Waals surface area contributed by atoms with Gasteiger partial charge in [0.25, 0.3) is 0 Å². The molecule has 2 rings (SSSR count). The van der Waals surface area contributed by atoms with Gasteiger partial charge in [-0.25, -0.2) is 4.52 Å². The zero-order chi connectivity index (χ0) is 9.97. The molecule has 0 fully saturated rings. The Morgan fingerprint density at radius 2 is 2.36 bits per heavy atom. The molecule has 0 aliphatic carbocycles. The number of pyridine rings is 1. The molecule has 0 unspecified atom stereocenters. The maximum absolute atomic E-state index is 8.70. The lowest BCUT2D eigenvalue weighted by Gasteiger charge is -1.99. The van der Waals surface area contributed by atoms with Crippen LogP contribution in [0, 0.1) is 6.92 Å². The number of hydrogen-bond donors (Lipinski definition) is 2. The van der Waals surface area contributed by atoms with E-state index in [9.17, 15) is 0 Å². The Morgan fingerprint density at radius 1 is 1.50 bits per heavy atom. The van der Waals surface area contributed by atoms with E-state index in [2.05, 4.69) is 10.4 Å². The smallest absolute Gasteiger partial charge is 0.152 e. The molecule has 0 aliphatic heterocycles. The molecule has 0 aliphatic rings. The summed E-state index contributed by atoms with van der Waals surface area (Å²) in [4.78, 5) is 0. The van der Waals surface area contributed by atoms with Crippen LogP contribution in [0.4, 0.5) is 5.82 Å². The lowest BCUT2D eigenvalue weighted by molar-refractivity contribution is 0.311. The van der Waals surface area contributed by atoms with Crippen LogP contribution < -0.4 is 5.32 Å². The average Bonchev–Trinajstić information content (AvgIpc) is 2.54. The lowest BCUT2D eigenvalue weighted by atomic mass is 10.3. The van der Waals surface area contributed by atoms with Crippen LogP contribution in [0.2, 0.25) is 0 Å². The van der Waals surface area contributed by atoms with Crippen LogP contribution in [-0.4, -0.2) is 27.9 Å². The quantitative estimate of drug-likeness (QED) is 0.762. The summed E-state index contributed by atoms with van der Waals surface area (Å²) in [5.74, 6) is 0.838. The summed E-state index contributed by atoms with van der Waals surface area (Å²) < 4.78 is 1.83. The molecule has 0 spiro atoms. The molecule has 74 valence electrons. The Hall–Kier alpha value is -1.55. The second kappa shape index (κ2) is 3.67. The average molecular weight is 191 g/mol. The summed E-state index contributed by atoms with van der Waals surface area (Å²) in [5.41, 5.74) is 2.20. The zero-order valence-electron chi connectivity index (χ0n) is 8.07. The van der Waals surface area contributed by atoms with Crippen LogP contribution in [-0.2, 0) is 0 Å². The SMILES string of the molecule is Cc1c(NCCO)nn2ccccc12. The van der Waals surface area contributed by atoms with Crippen LogP contribution in [0.3, 0.4) is 0 Å². The van der Waals surface area contributed by atoms with Crippen molar-refractivity contribution in [3.63, 3.8) is 0 Å². The number of rotatable bonds is 3. The summed E-state index contributed by atoms with van der Waals surface area (Å²) in [7, 11) is 0. The third kappa shape index (κ3) is 1.44. The number of fused-ring (bicyclic) bond motifs is 1. The van der Waals surface area contributed by atoms with Gasteiger partial charge in [0.1, 0.15) is 0 Å². The second-order valence-corrected chi connectivity index (χ2v) is 3.15. The number of anilines is 1. The van der Waals surface area contributed by atoms with Gasteiger partial charge >= 0.3 is 0 Å². The summed E-state index contributed by atoms with van der Waals surface area (Å²) in [6.45, 7) is 2.67. The molecule has 2 aromatic heterocycles. The van der Waals surface area contributed by atoms with Crippen molar-refractivity contribution < 1.29 is 5.11 Å². The van der Waals surface area contributed by atoms with Crippen molar-refractivity contribution in [1.82, 2.24) is 9.61 Å². The minimum atomic E-state index is 0.118. The molecular weight excluding hydrogens is 178 g/mol. The topological polar surface area (TPSA) is 49.6 Å². The Bertz CT molecular complexity index is 436. The first kappa shape index (κ1) is 9.02. The number of aliphatic hydroxyl groups excluding tert-OH is 1. The van der Waals surface area contributed by atoms with E-state index in [-0.39, 0.29) is 6.61 Å². The monoisotopic (exact) mass is 191 g/mol. The van der Waals surface area contributed by atoms with E-state index >= 15 is 0 Å². The fourth-order valence-corrected chi connectivity index (χ4v) is 1.46. The van der Waals surface area contributed by atoms with Gasteiger partial charge in [0.2, 0.25) is 0 Å². The highest BCUT2D eigenvalue weighted by Crippen LogP contribution is 2.17. The van der Waals surface area contributed by atoms with Crippen molar-refractivity contribution in [2.24, 2.45) is 0 Å². The summed E-state index contributed by atoms with van der Waals surface area (Å²) >= 11 is 0. The van der Waals surface area contributed by atoms with Gasteiger partial charge in [0.05, 0.1) is 12.1 Å². The first-order valence-electron chi connectivity index (χ1n) is 4.61. The summed E-state index contributed by atoms with van der Waals surface area (Å²) in [6, 6.07) is 5.95. The Labute approximate surface area is 82.2 Å². The molecule has 0 bridgehead atoms. The van der Waals surface area contributed by atoms with Gasteiger partial charge in [0.15, 0.2) is 5.82 Å². The molecule has 0 aromatic carbocycles. The van der Waals surface area contributed by atoms with E-state index in [0.29, 0.717) is 6.54 Å². The van der Waals surface area contributed by atoms with Crippen molar-refractivity contribution in [2.75, 3.05) is 18.5 Å². The minimum absolute atomic E-state index is 0.118. The standard InChI is InChI=1S/C10H13N3O/c1-8-9-4-2-3-6-13(9)12-10(8)11-5-7-14/h2-4,6,14H,5,7H2,1H3,(H,11,12). The maximum atomic E-state index is 8.70. The van der Waals surface area contributed by atoms with Crippen molar-refractivity contribution in [1.29, 1.82) is 0 Å². The van der Waals surface area contributed by atoms with Crippen molar-refractivity contribution in [3.8, 4) is 0 Å². The van der Waals surface area contributed by atoms with E-state index in [0.717, 1.165) is 16.9 Å². The molecule has 0 saturated heterocycles. The highest BCUT2D eigenvalue weighted by Gasteiger charge is 2.06. The number of aliphatic hydroxyl groups is 1. The van der Waals surface area contributed by atoms with E-state index in [1.165, 1.54) is 0 Å². The number of aryl methyl sites for hydroxylation is 1. The summed E-state index contributed by atoms with van der Waals surface area (Å²) in [5, 5.41) is 16.1. The van der Waals surface area contributed by atoms with E-state index in [1.54, 1.807) is 0 Å². The molecule has 4 heteroatoms. The predicted molar refractivity (Wildman–Crippen MR) is 55.5 cm³/mol. The number of nitrogens with one attached hydrogen (secondary N) is 1. The normalized spacial score (nSPS) is 10.7. The Balaban J connectivity index is 2.41. The Morgan fingerprint density at radius 3 is 3.07 bits per heavy atom. The highest BCUT2D eigenvalue weighted by molar-refractivity contribution is 5.64. The van der Waals surface area contributed by atoms with Crippen molar-refractivity contribution in [2.45, 2.75) is 6.92 Å². The third-order valence-corrected chi connectivity index (χ3v) is 2.19. The molecule has 0 amide bonds. The fraction of sp³-hybridized carbons (Fsp3) is 0.300. The maximum Gasteiger partial charge on any atom is 0.152 e. The minimum Gasteiger partial charge on any atom is -0.395 e. The molecule has 2 aromatic rings. The predicted octanol–water partition coefficient (Wildman–Crippen LogP) is 1.05. The van der Waals surface area contributed by atoms with E-state index < -0.39 is 0 Å². The molecule has 4 nitrogen and oxygen atoms in total. The highest BCUT2D eigenvalue weighted by atomic mass is 16.3. The lowest BCUT2D eigenvalue weighted by Crippen LogP contribution is -2.06. The molecule has 0 atom stereocenters. The van der Waals surface area contributed by atoms with E-state index in [1.807, 2.05) is 35.8 Å². The first-order chi connectivity index (χ1) is 6.83. The Kier molecular flexibility index (Phi) is 2.37. The molecule has 2 N–H and O–H groups in total. The van der Waals surface area contributed by atoms with Gasteiger partial charge in [-0.2, -0.15) is 5.10 Å². The largest absolute Gasteiger partial charge is 0.395 e. The van der Waals surface area contributed by atoms with Crippen molar-refractivity contribution in [3.05, 3.63) is 30.0 Å². The molecular formula is C10H13N3O. The molecule has 0 radical (unpaired) electrons. The molecule has 0 saturated carbocycles. The third-order valence-electron chi connectivity index (χ3n) is 2.19. The van der Waals surface area contributed by atoms with Crippen LogP contribution in [0.1, 0.15) is 5.56 Å². The zero-order valence-corrected chi connectivity index (χ0v) is 8.07. The first-order valence-corrected chi connectivity index (χ1v) is 4.61. The fourth-order valence-electron chi connectivity index (χ4n) is 1.46. The second-order valence-electron chi connectivity index (χ2n) is 3.15. The van der Waals surface area contributed by atoms with Crippen LogP contribution >= 0.6 is 0 Å². The van der Waals surface area contributed by atoms with Gasteiger partial charge in [-0.15, -0.1) is 0 Å². The van der Waals surface area contributed by atoms with E-state index in [4.69, 9.17) is 5.11 Å². The van der Waals surface area contributed by atoms with Crippen molar-refractivity contribution >= 4 is 11.3 Å². The van der Waals surface area contributed by atoms with Crippen LogP contribution in [0.15, 0.2) is 24.4 Å². The van der Waals surface area contributed by atoms with Crippen LogP contribution in [0.25, 0.3) is 5.52 Å². The van der Waals surface area contributed by atoms with Gasteiger partial charge < -0.3 is 10.4 Å². The number of aromatic nitrogens is 2.